The molecule has 1 amide bonds. The molecule has 0 unspecified atom stereocenters. The molecule has 0 saturated carbocycles. The number of nitrogens with one attached hydrogen (secondary N) is 1. The van der Waals surface area contributed by atoms with E-state index >= 15 is 0 Å². The number of nitro groups is 1. The van der Waals surface area contributed by atoms with Crippen LogP contribution in [0.5, 0.6) is 11.6 Å². The average Bonchev–Trinajstić information content (AvgIpc) is 3.32. The fourth-order valence-electron chi connectivity index (χ4n) is 2.50. The summed E-state index contributed by atoms with van der Waals surface area (Å²) < 4.78 is 6.96. The van der Waals surface area contributed by atoms with Gasteiger partial charge in [0, 0.05) is 11.1 Å². The summed E-state index contributed by atoms with van der Waals surface area (Å²) in [5.41, 5.74) is 1.52. The Morgan fingerprint density at radius 2 is 2.00 bits per heavy atom. The average molecular weight is 400 g/mol. The second-order valence-electron chi connectivity index (χ2n) is 5.57. The molecule has 1 aromatic carbocycles. The van der Waals surface area contributed by atoms with Gasteiger partial charge >= 0.3 is 11.7 Å². The van der Waals surface area contributed by atoms with Gasteiger partial charge in [0.2, 0.25) is 0 Å². The number of thiazole rings is 1. The molecule has 8 nitrogen and oxygen atoms in total. The lowest BCUT2D eigenvalue weighted by atomic mass is 10.2. The molecular formula is C17H12N4O4S2. The van der Waals surface area contributed by atoms with Crippen LogP contribution >= 0.6 is 22.7 Å². The number of imidazole rings is 1. The summed E-state index contributed by atoms with van der Waals surface area (Å²) in [5, 5.41) is 17.7. The highest BCUT2D eigenvalue weighted by Gasteiger charge is 2.25. The van der Waals surface area contributed by atoms with Gasteiger partial charge in [-0.15, -0.1) is 11.3 Å². The van der Waals surface area contributed by atoms with Crippen molar-refractivity contribution in [2.75, 3.05) is 5.32 Å². The van der Waals surface area contributed by atoms with E-state index in [1.165, 1.54) is 27.1 Å². The molecule has 10 heteroatoms. The van der Waals surface area contributed by atoms with E-state index < -0.39 is 4.92 Å². The van der Waals surface area contributed by atoms with Crippen molar-refractivity contribution in [3.63, 3.8) is 0 Å². The van der Waals surface area contributed by atoms with Crippen LogP contribution in [-0.2, 0) is 0 Å². The number of carbonyl (C=O) groups is 1. The molecule has 4 rings (SSSR count). The SMILES string of the molecule is Cc1ccsc1C(=O)Nc1ccc(Oc2nc3sccn3c2[N+](=O)[O-])cc1. The van der Waals surface area contributed by atoms with E-state index in [1.807, 2.05) is 18.4 Å². The largest absolute Gasteiger partial charge is 0.433 e. The first kappa shape index (κ1) is 17.2. The zero-order valence-electron chi connectivity index (χ0n) is 13.9. The van der Waals surface area contributed by atoms with E-state index in [0.29, 0.717) is 21.3 Å². The van der Waals surface area contributed by atoms with Crippen LogP contribution in [0.15, 0.2) is 47.3 Å². The number of hydrogen-bond donors (Lipinski definition) is 1. The zero-order valence-corrected chi connectivity index (χ0v) is 15.5. The topological polar surface area (TPSA) is 98.8 Å². The number of aryl methyl sites for hydroxylation is 1. The lowest BCUT2D eigenvalue weighted by molar-refractivity contribution is -0.391. The lowest BCUT2D eigenvalue weighted by Crippen LogP contribution is -2.11. The predicted octanol–water partition coefficient (Wildman–Crippen LogP) is 4.72. The molecule has 0 aliphatic carbocycles. The third-order valence-corrected chi connectivity index (χ3v) is 5.55. The fraction of sp³-hybridized carbons (Fsp3) is 0.0588. The molecule has 0 fully saturated rings. The summed E-state index contributed by atoms with van der Waals surface area (Å²) in [6, 6.07) is 8.46. The maximum Gasteiger partial charge on any atom is 0.393 e. The van der Waals surface area contributed by atoms with Gasteiger partial charge in [0.25, 0.3) is 10.9 Å². The molecule has 0 radical (unpaired) electrons. The third-order valence-electron chi connectivity index (χ3n) is 3.77. The Morgan fingerprint density at radius 1 is 1.22 bits per heavy atom. The van der Waals surface area contributed by atoms with Crippen LogP contribution in [0.4, 0.5) is 11.5 Å². The predicted molar refractivity (Wildman–Crippen MR) is 103 cm³/mol. The van der Waals surface area contributed by atoms with Crippen molar-refractivity contribution in [1.82, 2.24) is 9.38 Å². The van der Waals surface area contributed by atoms with Crippen LogP contribution in [0.1, 0.15) is 15.2 Å². The fourth-order valence-corrected chi connectivity index (χ4v) is 4.02. The highest BCUT2D eigenvalue weighted by Crippen LogP contribution is 2.33. The van der Waals surface area contributed by atoms with Gasteiger partial charge in [-0.25, -0.2) is 0 Å². The van der Waals surface area contributed by atoms with E-state index in [1.54, 1.807) is 35.8 Å². The molecule has 0 saturated heterocycles. The van der Waals surface area contributed by atoms with Gasteiger partial charge in [-0.2, -0.15) is 9.38 Å². The maximum absolute atomic E-state index is 12.2. The van der Waals surface area contributed by atoms with E-state index in [4.69, 9.17) is 4.74 Å². The molecule has 0 atom stereocenters. The van der Waals surface area contributed by atoms with Crippen molar-refractivity contribution in [1.29, 1.82) is 0 Å². The van der Waals surface area contributed by atoms with Crippen LogP contribution in [-0.4, -0.2) is 20.2 Å². The number of aromatic nitrogens is 2. The Bertz CT molecular complexity index is 1140. The van der Waals surface area contributed by atoms with Gasteiger partial charge < -0.3 is 20.2 Å². The summed E-state index contributed by atoms with van der Waals surface area (Å²) in [7, 11) is 0. The van der Waals surface area contributed by atoms with Gasteiger partial charge in [0.15, 0.2) is 0 Å². The summed E-state index contributed by atoms with van der Waals surface area (Å²) in [6.07, 6.45) is 1.57. The van der Waals surface area contributed by atoms with Crippen molar-refractivity contribution in [2.45, 2.75) is 6.92 Å². The number of hydrogen-bond acceptors (Lipinski definition) is 7. The number of rotatable bonds is 5. The normalized spacial score (nSPS) is 10.9. The highest BCUT2D eigenvalue weighted by atomic mass is 32.1. The molecule has 4 aromatic rings. The standard InChI is InChI=1S/C17H12N4O4S2/c1-10-6-8-26-13(10)14(22)18-11-2-4-12(5-3-11)25-15-16(21(23)24)20-7-9-27-17(20)19-15/h2-9H,1H3,(H,18,22). The van der Waals surface area contributed by atoms with Crippen molar-refractivity contribution < 1.29 is 14.5 Å². The minimum atomic E-state index is -0.528. The second kappa shape index (κ2) is 6.82. The number of ether oxygens (including phenoxy) is 1. The molecule has 0 spiro atoms. The number of amides is 1. The summed E-state index contributed by atoms with van der Waals surface area (Å²) in [5.74, 6) is -0.0926. The molecular weight excluding hydrogens is 388 g/mol. The third kappa shape index (κ3) is 3.27. The zero-order chi connectivity index (χ0) is 19.0. The van der Waals surface area contributed by atoms with Crippen LogP contribution in [0.2, 0.25) is 0 Å². The van der Waals surface area contributed by atoms with E-state index in [9.17, 15) is 14.9 Å². The number of fused-ring (bicyclic) bond motifs is 1. The lowest BCUT2D eigenvalue weighted by Gasteiger charge is -2.06. The quantitative estimate of drug-likeness (QED) is 0.386. The van der Waals surface area contributed by atoms with Gasteiger partial charge in [-0.3, -0.25) is 4.79 Å². The molecule has 3 heterocycles. The first-order valence-corrected chi connectivity index (χ1v) is 9.52. The van der Waals surface area contributed by atoms with Gasteiger partial charge in [-0.05, 0) is 53.1 Å². The Labute approximate surface area is 160 Å². The van der Waals surface area contributed by atoms with Crippen LogP contribution in [0.25, 0.3) is 4.96 Å². The number of carbonyl (C=O) groups excluding carboxylic acids is 1. The van der Waals surface area contributed by atoms with Gasteiger partial charge in [-0.1, -0.05) is 11.3 Å². The van der Waals surface area contributed by atoms with Crippen molar-refractivity contribution in [2.24, 2.45) is 0 Å². The minimum absolute atomic E-state index is 0.0714. The molecule has 136 valence electrons. The monoisotopic (exact) mass is 400 g/mol. The molecule has 27 heavy (non-hydrogen) atoms. The summed E-state index contributed by atoms with van der Waals surface area (Å²) in [6.45, 7) is 1.88. The Hall–Kier alpha value is -3.24. The smallest absolute Gasteiger partial charge is 0.393 e. The molecule has 0 bridgehead atoms. The number of benzene rings is 1. The van der Waals surface area contributed by atoms with Crippen LogP contribution < -0.4 is 10.1 Å². The number of thiophene rings is 1. The minimum Gasteiger partial charge on any atom is -0.433 e. The Kier molecular flexibility index (Phi) is 4.34. The summed E-state index contributed by atoms with van der Waals surface area (Å²) in [4.78, 5) is 28.3. The van der Waals surface area contributed by atoms with Crippen molar-refractivity contribution in [3.8, 4) is 11.6 Å². The number of anilines is 1. The number of nitrogens with zero attached hydrogens (tertiary/aromatic N) is 3. The molecule has 0 aliphatic heterocycles. The van der Waals surface area contributed by atoms with E-state index in [2.05, 4.69) is 10.3 Å². The van der Waals surface area contributed by atoms with Crippen LogP contribution in [0, 0.1) is 17.0 Å². The second-order valence-corrected chi connectivity index (χ2v) is 7.36. The first-order valence-electron chi connectivity index (χ1n) is 7.76. The Balaban J connectivity index is 1.52. The van der Waals surface area contributed by atoms with Gasteiger partial charge in [0.1, 0.15) is 11.9 Å². The van der Waals surface area contributed by atoms with E-state index in [-0.39, 0.29) is 17.6 Å². The molecule has 3 aromatic heterocycles. The molecule has 1 N–H and O–H groups in total. The molecule has 0 aliphatic rings. The van der Waals surface area contributed by atoms with Crippen LogP contribution in [0.3, 0.4) is 0 Å². The van der Waals surface area contributed by atoms with Crippen molar-refractivity contribution in [3.05, 3.63) is 67.8 Å². The maximum atomic E-state index is 12.2. The van der Waals surface area contributed by atoms with Crippen molar-refractivity contribution >= 4 is 45.0 Å². The van der Waals surface area contributed by atoms with E-state index in [0.717, 1.165) is 5.56 Å². The highest BCUT2D eigenvalue weighted by molar-refractivity contribution is 7.15. The summed E-state index contributed by atoms with van der Waals surface area (Å²) >= 11 is 2.66. The first-order chi connectivity index (χ1) is 13.0. The Morgan fingerprint density at radius 3 is 2.67 bits per heavy atom. The van der Waals surface area contributed by atoms with Gasteiger partial charge in [0.05, 0.1) is 4.88 Å².